The molecular weight excluding hydrogens is 270 g/mol. The van der Waals surface area contributed by atoms with Gasteiger partial charge in [-0.3, -0.25) is 4.68 Å². The highest BCUT2D eigenvalue weighted by atomic mass is 35.5. The molecule has 0 amide bonds. The van der Waals surface area contributed by atoms with Gasteiger partial charge in [0.2, 0.25) is 0 Å². The van der Waals surface area contributed by atoms with Crippen molar-refractivity contribution < 1.29 is 0 Å². The van der Waals surface area contributed by atoms with Crippen LogP contribution in [0.15, 0.2) is 24.3 Å². The van der Waals surface area contributed by atoms with Crippen molar-refractivity contribution in [2.45, 2.75) is 33.2 Å². The molecule has 1 atom stereocenters. The molecule has 1 heterocycles. The fourth-order valence-corrected chi connectivity index (χ4v) is 2.91. The van der Waals surface area contributed by atoms with Gasteiger partial charge in [0.05, 0.1) is 5.69 Å². The van der Waals surface area contributed by atoms with Crippen molar-refractivity contribution in [3.63, 3.8) is 0 Å². The Labute approximate surface area is 126 Å². The van der Waals surface area contributed by atoms with E-state index in [4.69, 9.17) is 11.6 Å². The first-order valence-corrected chi connectivity index (χ1v) is 7.39. The van der Waals surface area contributed by atoms with Crippen molar-refractivity contribution in [1.29, 1.82) is 0 Å². The number of nitrogens with one attached hydrogen (secondary N) is 1. The van der Waals surface area contributed by atoms with Gasteiger partial charge in [-0.1, -0.05) is 36.7 Å². The number of aromatic nitrogens is 2. The summed E-state index contributed by atoms with van der Waals surface area (Å²) in [5.74, 6) is 0. The Morgan fingerprint density at radius 2 is 2.00 bits per heavy atom. The van der Waals surface area contributed by atoms with Crippen molar-refractivity contribution in [1.82, 2.24) is 15.1 Å². The first kappa shape index (κ1) is 15.1. The number of hydrogen-bond acceptors (Lipinski definition) is 2. The molecule has 0 bridgehead atoms. The molecule has 0 saturated carbocycles. The number of rotatable bonds is 5. The smallest absolute Gasteiger partial charge is 0.0644 e. The van der Waals surface area contributed by atoms with E-state index < -0.39 is 0 Å². The molecule has 0 aliphatic carbocycles. The van der Waals surface area contributed by atoms with Gasteiger partial charge in [-0.15, -0.1) is 0 Å². The third-order valence-electron chi connectivity index (χ3n) is 3.75. The SMILES string of the molecule is CCNC(Cc1ccccc1Cl)c1c(C)nn(C)c1C. The fourth-order valence-electron chi connectivity index (χ4n) is 2.70. The molecule has 2 rings (SSSR count). The molecule has 4 heteroatoms. The quantitative estimate of drug-likeness (QED) is 0.912. The van der Waals surface area contributed by atoms with Crippen LogP contribution in [-0.2, 0) is 13.5 Å². The Morgan fingerprint density at radius 3 is 2.55 bits per heavy atom. The van der Waals surface area contributed by atoms with Crippen LogP contribution in [0.2, 0.25) is 5.02 Å². The molecule has 1 aromatic heterocycles. The summed E-state index contributed by atoms with van der Waals surface area (Å²) >= 11 is 6.29. The third-order valence-corrected chi connectivity index (χ3v) is 4.11. The number of halogens is 1. The van der Waals surface area contributed by atoms with Crippen LogP contribution >= 0.6 is 11.6 Å². The summed E-state index contributed by atoms with van der Waals surface area (Å²) in [5, 5.41) is 8.91. The summed E-state index contributed by atoms with van der Waals surface area (Å²) in [6.07, 6.45) is 0.876. The van der Waals surface area contributed by atoms with E-state index >= 15 is 0 Å². The maximum atomic E-state index is 6.29. The molecule has 0 fully saturated rings. The van der Waals surface area contributed by atoms with Crippen molar-refractivity contribution in [3.05, 3.63) is 51.8 Å². The van der Waals surface area contributed by atoms with Crippen LogP contribution in [0.25, 0.3) is 0 Å². The van der Waals surface area contributed by atoms with Crippen molar-refractivity contribution >= 4 is 11.6 Å². The van der Waals surface area contributed by atoms with Gasteiger partial charge in [0.1, 0.15) is 0 Å². The first-order valence-electron chi connectivity index (χ1n) is 7.01. The van der Waals surface area contributed by atoms with Gasteiger partial charge in [0.25, 0.3) is 0 Å². The molecule has 1 unspecified atom stereocenters. The monoisotopic (exact) mass is 291 g/mol. The van der Waals surface area contributed by atoms with E-state index in [1.165, 1.54) is 16.8 Å². The molecular formula is C16H22ClN3. The summed E-state index contributed by atoms with van der Waals surface area (Å²) in [6.45, 7) is 7.23. The summed E-state index contributed by atoms with van der Waals surface area (Å²) in [4.78, 5) is 0. The lowest BCUT2D eigenvalue weighted by Crippen LogP contribution is -2.24. The van der Waals surface area contributed by atoms with E-state index in [0.29, 0.717) is 0 Å². The Kier molecular flexibility index (Phi) is 4.84. The van der Waals surface area contributed by atoms with Gasteiger partial charge < -0.3 is 5.32 Å². The molecule has 0 spiro atoms. The molecule has 0 radical (unpaired) electrons. The van der Waals surface area contributed by atoms with Gasteiger partial charge in [0.15, 0.2) is 0 Å². The average Bonchev–Trinajstić information content (AvgIpc) is 2.65. The Bertz CT molecular complexity index is 589. The van der Waals surface area contributed by atoms with Gasteiger partial charge in [0, 0.05) is 29.4 Å². The predicted molar refractivity (Wildman–Crippen MR) is 84.3 cm³/mol. The van der Waals surface area contributed by atoms with Crippen molar-refractivity contribution in [3.8, 4) is 0 Å². The maximum absolute atomic E-state index is 6.29. The van der Waals surface area contributed by atoms with E-state index in [0.717, 1.165) is 23.7 Å². The van der Waals surface area contributed by atoms with Crippen molar-refractivity contribution in [2.75, 3.05) is 6.54 Å². The van der Waals surface area contributed by atoms with Gasteiger partial charge >= 0.3 is 0 Å². The highest BCUT2D eigenvalue weighted by Gasteiger charge is 2.20. The van der Waals surface area contributed by atoms with Gasteiger partial charge in [-0.25, -0.2) is 0 Å². The average molecular weight is 292 g/mol. The summed E-state index contributed by atoms with van der Waals surface area (Å²) in [6, 6.07) is 8.28. The van der Waals surface area contributed by atoms with E-state index in [2.05, 4.69) is 37.3 Å². The molecule has 20 heavy (non-hydrogen) atoms. The zero-order valence-corrected chi connectivity index (χ0v) is 13.3. The molecule has 0 aliphatic rings. The van der Waals surface area contributed by atoms with Crippen LogP contribution in [0.1, 0.15) is 35.5 Å². The highest BCUT2D eigenvalue weighted by molar-refractivity contribution is 6.31. The van der Waals surface area contributed by atoms with E-state index in [1.54, 1.807) is 0 Å². The standard InChI is InChI=1S/C16H22ClN3/c1-5-18-15(10-13-8-6-7-9-14(13)17)16-11(2)19-20(4)12(16)3/h6-9,15,18H,5,10H2,1-4H3. The molecule has 3 nitrogen and oxygen atoms in total. The fraction of sp³-hybridized carbons (Fsp3) is 0.438. The maximum Gasteiger partial charge on any atom is 0.0644 e. The third kappa shape index (κ3) is 3.05. The van der Waals surface area contributed by atoms with E-state index in [9.17, 15) is 0 Å². The summed E-state index contributed by atoms with van der Waals surface area (Å²) in [5.41, 5.74) is 4.75. The van der Waals surface area contributed by atoms with E-state index in [1.807, 2.05) is 29.9 Å². The number of nitrogens with zero attached hydrogens (tertiary/aromatic N) is 2. The first-order chi connectivity index (χ1) is 9.54. The predicted octanol–water partition coefficient (Wildman–Crippen LogP) is 3.58. The van der Waals surface area contributed by atoms with E-state index in [-0.39, 0.29) is 6.04 Å². The minimum Gasteiger partial charge on any atom is -0.310 e. The number of likely N-dealkylation sites (N-methyl/N-ethyl adjacent to an activating group) is 1. The lowest BCUT2D eigenvalue weighted by atomic mass is 9.97. The molecule has 1 aromatic carbocycles. The highest BCUT2D eigenvalue weighted by Crippen LogP contribution is 2.27. The second-order valence-electron chi connectivity index (χ2n) is 5.11. The second-order valence-corrected chi connectivity index (χ2v) is 5.52. The topological polar surface area (TPSA) is 29.9 Å². The zero-order chi connectivity index (χ0) is 14.7. The molecule has 0 aliphatic heterocycles. The zero-order valence-electron chi connectivity index (χ0n) is 12.6. The second kappa shape index (κ2) is 6.42. The number of benzene rings is 1. The molecule has 108 valence electrons. The molecule has 0 saturated heterocycles. The minimum absolute atomic E-state index is 0.244. The largest absolute Gasteiger partial charge is 0.310 e. The summed E-state index contributed by atoms with van der Waals surface area (Å²) < 4.78 is 1.95. The van der Waals surface area contributed by atoms with Crippen LogP contribution in [0.5, 0.6) is 0 Å². The lowest BCUT2D eigenvalue weighted by Gasteiger charge is -2.19. The summed E-state index contributed by atoms with van der Waals surface area (Å²) in [7, 11) is 1.99. The van der Waals surface area contributed by atoms with Crippen LogP contribution in [-0.4, -0.2) is 16.3 Å². The van der Waals surface area contributed by atoms with Crippen LogP contribution in [0, 0.1) is 13.8 Å². The van der Waals surface area contributed by atoms with Crippen molar-refractivity contribution in [2.24, 2.45) is 7.05 Å². The Balaban J connectivity index is 2.34. The van der Waals surface area contributed by atoms with Crippen LogP contribution < -0.4 is 5.32 Å². The van der Waals surface area contributed by atoms with Crippen LogP contribution in [0.3, 0.4) is 0 Å². The number of hydrogen-bond donors (Lipinski definition) is 1. The lowest BCUT2D eigenvalue weighted by molar-refractivity contribution is 0.544. The molecule has 1 N–H and O–H groups in total. The molecule has 2 aromatic rings. The van der Waals surface area contributed by atoms with Gasteiger partial charge in [-0.05, 0) is 38.4 Å². The Hall–Kier alpha value is -1.32. The van der Waals surface area contributed by atoms with Gasteiger partial charge in [-0.2, -0.15) is 5.10 Å². The number of aryl methyl sites for hydroxylation is 2. The minimum atomic E-state index is 0.244. The normalized spacial score (nSPS) is 12.7. The van der Waals surface area contributed by atoms with Crippen LogP contribution in [0.4, 0.5) is 0 Å². The Morgan fingerprint density at radius 1 is 1.30 bits per heavy atom.